The van der Waals surface area contributed by atoms with Crippen molar-refractivity contribution in [1.29, 1.82) is 0 Å². The predicted molar refractivity (Wildman–Crippen MR) is 196 cm³/mol. The first-order valence-electron chi connectivity index (χ1n) is 18.7. The number of anilines is 1. The van der Waals surface area contributed by atoms with Gasteiger partial charge in [-0.05, 0) is 35.6 Å². The van der Waals surface area contributed by atoms with Crippen LogP contribution in [0, 0.1) is 10.1 Å². The molecule has 1 aromatic carbocycles. The number of hydrogen-bond donors (Lipinski definition) is 2. The molecule has 0 spiro atoms. The van der Waals surface area contributed by atoms with Crippen molar-refractivity contribution in [2.75, 3.05) is 52.9 Å². The van der Waals surface area contributed by atoms with E-state index in [4.69, 9.17) is 18.5 Å². The average molecular weight is 759 g/mol. The van der Waals surface area contributed by atoms with Gasteiger partial charge < -0.3 is 24.2 Å². The van der Waals surface area contributed by atoms with E-state index < -0.39 is 37.4 Å². The SMILES string of the molecule is CCCCCCCCCCCCCCCC(=O)OCC(COP(=O)(O)OC[N+](C)(C)C)OC(=O)CCCCCNc1ccc([N+](=O)[O-])c2nonc12. The minimum atomic E-state index is -4.46. The van der Waals surface area contributed by atoms with E-state index in [1.54, 1.807) is 21.1 Å². The molecule has 2 unspecified atom stereocenters. The van der Waals surface area contributed by atoms with Crippen molar-refractivity contribution in [2.24, 2.45) is 0 Å². The van der Waals surface area contributed by atoms with Gasteiger partial charge in [0.2, 0.25) is 5.52 Å². The van der Waals surface area contributed by atoms with Crippen LogP contribution in [0.4, 0.5) is 11.4 Å². The summed E-state index contributed by atoms with van der Waals surface area (Å²) in [6, 6.07) is 2.86. The number of benzene rings is 1. The molecule has 1 heterocycles. The fourth-order valence-electron chi connectivity index (χ4n) is 5.30. The molecule has 2 aromatic rings. The van der Waals surface area contributed by atoms with Gasteiger partial charge in [0, 0.05) is 25.5 Å². The Hall–Kier alpha value is -3.17. The molecule has 2 N–H and O–H groups in total. The highest BCUT2D eigenvalue weighted by molar-refractivity contribution is 7.47. The van der Waals surface area contributed by atoms with E-state index in [1.165, 1.54) is 69.9 Å². The lowest BCUT2D eigenvalue weighted by Gasteiger charge is -2.25. The summed E-state index contributed by atoms with van der Waals surface area (Å²) in [5.41, 5.74) is 0.650. The standard InChI is InChI=1S/C35H60N5O11P/c1-5-6-7-8-9-10-11-12-13-14-15-16-18-21-32(41)47-26-29(27-48-52(45,46)49-28-40(2,3)4)50-33(42)22-19-17-20-25-36-30-23-24-31(39(43)44)35-34(30)37-51-38-35/h23-24,29H,5-22,25-28H2,1-4H3,(H-,36,38,45,46)/p+1. The number of phosphoric ester groups is 1. The number of non-ortho nitro benzene ring substituents is 1. The second-order valence-corrected chi connectivity index (χ2v) is 15.6. The Balaban J connectivity index is 1.70. The molecule has 0 aliphatic heterocycles. The Kier molecular flexibility index (Phi) is 21.6. The number of fused-ring (bicyclic) bond motifs is 1. The fourth-order valence-corrected chi connectivity index (χ4v) is 6.23. The molecule has 0 bridgehead atoms. The van der Waals surface area contributed by atoms with Crippen LogP contribution in [0.25, 0.3) is 11.0 Å². The number of carbonyl (C=O) groups excluding carboxylic acids is 2. The van der Waals surface area contributed by atoms with Crippen molar-refractivity contribution in [1.82, 2.24) is 10.3 Å². The van der Waals surface area contributed by atoms with Crippen LogP contribution in [0.2, 0.25) is 0 Å². The van der Waals surface area contributed by atoms with Gasteiger partial charge >= 0.3 is 25.4 Å². The van der Waals surface area contributed by atoms with Crippen LogP contribution in [-0.2, 0) is 32.7 Å². The zero-order valence-electron chi connectivity index (χ0n) is 31.6. The molecule has 0 saturated heterocycles. The highest BCUT2D eigenvalue weighted by Gasteiger charge is 2.28. The summed E-state index contributed by atoms with van der Waals surface area (Å²) in [5, 5.41) is 21.7. The quantitative estimate of drug-likeness (QED) is 0.0143. The number of carbonyl (C=O) groups is 2. The molecular weight excluding hydrogens is 697 g/mol. The van der Waals surface area contributed by atoms with Crippen molar-refractivity contribution in [3.05, 3.63) is 22.2 Å². The molecule has 0 radical (unpaired) electrons. The number of nitro groups is 1. The smallest absolute Gasteiger partial charge is 0.462 e. The van der Waals surface area contributed by atoms with Crippen molar-refractivity contribution in [3.8, 4) is 0 Å². The summed E-state index contributed by atoms with van der Waals surface area (Å²) >= 11 is 0. The van der Waals surface area contributed by atoms with Crippen molar-refractivity contribution >= 4 is 42.2 Å². The van der Waals surface area contributed by atoms with Crippen LogP contribution in [0.15, 0.2) is 16.8 Å². The maximum Gasteiger partial charge on any atom is 0.476 e. The predicted octanol–water partition coefficient (Wildman–Crippen LogP) is 7.84. The van der Waals surface area contributed by atoms with E-state index in [0.717, 1.165) is 19.3 Å². The summed E-state index contributed by atoms with van der Waals surface area (Å²) in [7, 11) is 0.875. The molecular formula is C35H61N5O11P+. The molecule has 17 heteroatoms. The molecule has 0 amide bonds. The number of ether oxygens (including phenoxy) is 2. The maximum atomic E-state index is 12.7. The summed E-state index contributed by atoms with van der Waals surface area (Å²) in [6.07, 6.45) is 16.5. The number of nitro benzene ring substituents is 1. The van der Waals surface area contributed by atoms with Crippen LogP contribution in [0.1, 0.15) is 122 Å². The third kappa shape index (κ3) is 20.2. The third-order valence-electron chi connectivity index (χ3n) is 8.21. The summed E-state index contributed by atoms with van der Waals surface area (Å²) in [4.78, 5) is 45.9. The van der Waals surface area contributed by atoms with Crippen LogP contribution in [0.5, 0.6) is 0 Å². The molecule has 52 heavy (non-hydrogen) atoms. The Morgan fingerprint density at radius 2 is 1.40 bits per heavy atom. The van der Waals surface area contributed by atoms with Gasteiger partial charge in [0.05, 0.1) is 38.4 Å². The van der Waals surface area contributed by atoms with Gasteiger partial charge in [0.15, 0.2) is 18.4 Å². The number of unbranched alkanes of at least 4 members (excludes halogenated alkanes) is 14. The van der Waals surface area contributed by atoms with E-state index >= 15 is 0 Å². The molecule has 296 valence electrons. The van der Waals surface area contributed by atoms with E-state index in [2.05, 4.69) is 27.2 Å². The van der Waals surface area contributed by atoms with Crippen LogP contribution < -0.4 is 5.32 Å². The Labute approximate surface area is 307 Å². The number of hydrogen-bond acceptors (Lipinski definition) is 13. The van der Waals surface area contributed by atoms with Gasteiger partial charge in [-0.2, -0.15) is 0 Å². The van der Waals surface area contributed by atoms with E-state index in [-0.39, 0.29) is 47.4 Å². The molecule has 0 aliphatic carbocycles. The lowest BCUT2D eigenvalue weighted by molar-refractivity contribution is -0.887. The monoisotopic (exact) mass is 758 g/mol. The van der Waals surface area contributed by atoms with Gasteiger partial charge in [-0.15, -0.1) is 0 Å². The third-order valence-corrected chi connectivity index (χ3v) is 9.13. The summed E-state index contributed by atoms with van der Waals surface area (Å²) < 4.78 is 38.3. The normalized spacial score (nSPS) is 13.5. The zero-order valence-corrected chi connectivity index (χ0v) is 32.4. The minimum Gasteiger partial charge on any atom is -0.462 e. The van der Waals surface area contributed by atoms with Crippen LogP contribution in [0.3, 0.4) is 0 Å². The van der Waals surface area contributed by atoms with Crippen molar-refractivity contribution in [2.45, 2.75) is 129 Å². The van der Waals surface area contributed by atoms with Crippen LogP contribution >= 0.6 is 7.82 Å². The van der Waals surface area contributed by atoms with Crippen molar-refractivity contribution in [3.63, 3.8) is 0 Å². The van der Waals surface area contributed by atoms with Gasteiger partial charge in [-0.3, -0.25) is 24.2 Å². The number of aromatic nitrogens is 2. The lowest BCUT2D eigenvalue weighted by atomic mass is 10.0. The topological polar surface area (TPSA) is 202 Å². The Morgan fingerprint density at radius 1 is 0.846 bits per heavy atom. The highest BCUT2D eigenvalue weighted by Crippen LogP contribution is 2.43. The first kappa shape index (κ1) is 45.0. The number of nitrogens with one attached hydrogen (secondary N) is 1. The Morgan fingerprint density at radius 3 is 2.00 bits per heavy atom. The highest BCUT2D eigenvalue weighted by atomic mass is 31.2. The van der Waals surface area contributed by atoms with E-state index in [9.17, 15) is 29.2 Å². The molecule has 0 saturated carbocycles. The lowest BCUT2D eigenvalue weighted by Crippen LogP contribution is -2.36. The fraction of sp³-hybridized carbons (Fsp3) is 0.771. The number of nitrogens with zero attached hydrogens (tertiary/aromatic N) is 4. The zero-order chi connectivity index (χ0) is 38.2. The van der Waals surface area contributed by atoms with Gasteiger partial charge in [0.1, 0.15) is 6.61 Å². The second kappa shape index (κ2) is 25.0. The largest absolute Gasteiger partial charge is 0.476 e. The summed E-state index contributed by atoms with van der Waals surface area (Å²) in [5.74, 6) is -1.00. The maximum absolute atomic E-state index is 12.7. The Bertz CT molecular complexity index is 1380. The number of phosphoric acid groups is 1. The molecule has 0 fully saturated rings. The number of quaternary nitrogens is 1. The average Bonchev–Trinajstić information content (AvgIpc) is 3.59. The van der Waals surface area contributed by atoms with E-state index in [0.29, 0.717) is 37.9 Å². The molecule has 0 aliphatic rings. The second-order valence-electron chi connectivity index (χ2n) is 14.2. The molecule has 2 atom stereocenters. The minimum absolute atomic E-state index is 0.0547. The molecule has 1 aromatic heterocycles. The number of rotatable bonds is 31. The summed E-state index contributed by atoms with van der Waals surface area (Å²) in [6.45, 7) is 1.83. The van der Waals surface area contributed by atoms with Crippen LogP contribution in [-0.4, -0.2) is 90.3 Å². The van der Waals surface area contributed by atoms with Crippen molar-refractivity contribution < 1.29 is 51.6 Å². The van der Waals surface area contributed by atoms with Gasteiger partial charge in [-0.1, -0.05) is 90.4 Å². The first-order chi connectivity index (χ1) is 24.8. The van der Waals surface area contributed by atoms with Gasteiger partial charge in [0.25, 0.3) is 0 Å². The van der Waals surface area contributed by atoms with E-state index in [1.807, 2.05) is 0 Å². The number of esters is 2. The molecule has 2 rings (SSSR count). The first-order valence-corrected chi connectivity index (χ1v) is 20.2. The van der Waals surface area contributed by atoms with Gasteiger partial charge in [-0.25, -0.2) is 13.7 Å². The molecule has 16 nitrogen and oxygen atoms in total.